The minimum atomic E-state index is 0.979. The van der Waals surface area contributed by atoms with E-state index < -0.39 is 0 Å². The highest BCUT2D eigenvalue weighted by Gasteiger charge is 2.17. The first-order valence-electron chi connectivity index (χ1n) is 7.40. The maximum Gasteiger partial charge on any atom is 0.0769 e. The number of anilines is 1. The molecule has 0 spiro atoms. The summed E-state index contributed by atoms with van der Waals surface area (Å²) in [4.78, 5) is 10.6. The fourth-order valence-corrected chi connectivity index (χ4v) is 3.39. The molecule has 0 N–H and O–H groups in total. The Bertz CT molecular complexity index is 597. The highest BCUT2D eigenvalue weighted by molar-refractivity contribution is 7.05. The monoisotopic (exact) mass is 303 g/mol. The van der Waals surface area contributed by atoms with Gasteiger partial charge >= 0.3 is 0 Å². The second-order valence-electron chi connectivity index (χ2n) is 5.55. The van der Waals surface area contributed by atoms with Gasteiger partial charge in [0, 0.05) is 50.3 Å². The second kappa shape index (κ2) is 6.49. The lowest BCUT2D eigenvalue weighted by atomic mass is 10.3. The third-order valence-corrected chi connectivity index (χ3v) is 4.75. The fraction of sp³-hybridized carbons (Fsp3) is 0.533. The fourth-order valence-electron chi connectivity index (χ4n) is 2.71. The molecule has 0 saturated carbocycles. The number of aromatic nitrogens is 3. The topological polar surface area (TPSA) is 45.2 Å². The molecule has 2 aromatic rings. The Morgan fingerprint density at radius 1 is 1.19 bits per heavy atom. The third-order valence-electron chi connectivity index (χ3n) is 3.95. The number of hydrogen-bond donors (Lipinski definition) is 0. The molecule has 0 unspecified atom stereocenters. The average Bonchev–Trinajstić information content (AvgIpc) is 2.74. The standard InChI is InChI=1S/C15H21N5S/c1-12-10-14(4-5-16-12)20-7-3-6-19(8-9-20)11-15-13(2)17-18-21-15/h4-5,10H,3,6-9,11H2,1-2H3. The van der Waals surface area contributed by atoms with E-state index in [-0.39, 0.29) is 0 Å². The molecule has 1 aliphatic heterocycles. The van der Waals surface area contributed by atoms with E-state index in [2.05, 4.69) is 36.5 Å². The zero-order valence-electron chi connectivity index (χ0n) is 12.6. The van der Waals surface area contributed by atoms with Gasteiger partial charge < -0.3 is 4.90 Å². The van der Waals surface area contributed by atoms with Gasteiger partial charge in [0.25, 0.3) is 0 Å². The summed E-state index contributed by atoms with van der Waals surface area (Å²) in [6, 6.07) is 4.28. The Hall–Kier alpha value is -1.53. The lowest BCUT2D eigenvalue weighted by Crippen LogP contribution is -2.30. The second-order valence-corrected chi connectivity index (χ2v) is 6.39. The summed E-state index contributed by atoms with van der Waals surface area (Å²) >= 11 is 1.52. The largest absolute Gasteiger partial charge is 0.370 e. The van der Waals surface area contributed by atoms with Crippen molar-refractivity contribution in [2.45, 2.75) is 26.8 Å². The van der Waals surface area contributed by atoms with Crippen LogP contribution < -0.4 is 4.90 Å². The van der Waals surface area contributed by atoms with Gasteiger partial charge in [-0.25, -0.2) is 0 Å². The van der Waals surface area contributed by atoms with E-state index >= 15 is 0 Å². The Balaban J connectivity index is 1.63. The molecule has 6 heteroatoms. The van der Waals surface area contributed by atoms with Gasteiger partial charge in [-0.1, -0.05) is 4.49 Å². The molecule has 1 aliphatic rings. The molecule has 0 aromatic carbocycles. The van der Waals surface area contributed by atoms with Crippen LogP contribution in [0.25, 0.3) is 0 Å². The first-order chi connectivity index (χ1) is 10.2. The SMILES string of the molecule is Cc1cc(N2CCCN(Cc3snnc3C)CC2)ccn1. The molecular weight excluding hydrogens is 282 g/mol. The van der Waals surface area contributed by atoms with Gasteiger partial charge in [-0.3, -0.25) is 9.88 Å². The van der Waals surface area contributed by atoms with Crippen LogP contribution in [0.5, 0.6) is 0 Å². The van der Waals surface area contributed by atoms with Crippen LogP contribution >= 0.6 is 11.5 Å². The van der Waals surface area contributed by atoms with E-state index in [0.717, 1.165) is 44.1 Å². The minimum absolute atomic E-state index is 0.979. The summed E-state index contributed by atoms with van der Waals surface area (Å²) < 4.78 is 4.03. The molecule has 0 bridgehead atoms. The molecule has 5 nitrogen and oxygen atoms in total. The van der Waals surface area contributed by atoms with Crippen molar-refractivity contribution in [1.29, 1.82) is 0 Å². The predicted octanol–water partition coefficient (Wildman–Crippen LogP) is 2.26. The van der Waals surface area contributed by atoms with Crippen LogP contribution in [-0.2, 0) is 6.54 Å². The maximum absolute atomic E-state index is 4.28. The molecule has 1 saturated heterocycles. The summed E-state index contributed by atoms with van der Waals surface area (Å²) in [6.45, 7) is 9.47. The summed E-state index contributed by atoms with van der Waals surface area (Å²) in [5, 5.41) is 4.10. The Kier molecular flexibility index (Phi) is 4.45. The quantitative estimate of drug-likeness (QED) is 0.870. The molecule has 112 valence electrons. The van der Waals surface area contributed by atoms with E-state index in [1.54, 1.807) is 0 Å². The molecule has 0 radical (unpaired) electrons. The van der Waals surface area contributed by atoms with Gasteiger partial charge in [-0.2, -0.15) is 0 Å². The number of aryl methyl sites for hydroxylation is 2. The Morgan fingerprint density at radius 2 is 2.10 bits per heavy atom. The van der Waals surface area contributed by atoms with Crippen molar-refractivity contribution in [3.05, 3.63) is 34.6 Å². The van der Waals surface area contributed by atoms with Crippen molar-refractivity contribution in [1.82, 2.24) is 19.5 Å². The van der Waals surface area contributed by atoms with Gasteiger partial charge in [0.05, 0.1) is 10.6 Å². The average molecular weight is 303 g/mol. The molecule has 21 heavy (non-hydrogen) atoms. The lowest BCUT2D eigenvalue weighted by molar-refractivity contribution is 0.287. The summed E-state index contributed by atoms with van der Waals surface area (Å²) in [7, 11) is 0. The number of nitrogens with zero attached hydrogens (tertiary/aromatic N) is 5. The number of hydrogen-bond acceptors (Lipinski definition) is 6. The van der Waals surface area contributed by atoms with Crippen molar-refractivity contribution in [3.63, 3.8) is 0 Å². The number of pyridine rings is 1. The number of rotatable bonds is 3. The van der Waals surface area contributed by atoms with Crippen LogP contribution in [0.15, 0.2) is 18.3 Å². The van der Waals surface area contributed by atoms with Crippen molar-refractivity contribution < 1.29 is 0 Å². The normalized spacial score (nSPS) is 17.0. The lowest BCUT2D eigenvalue weighted by Gasteiger charge is -2.23. The molecule has 0 atom stereocenters. The van der Waals surface area contributed by atoms with Crippen molar-refractivity contribution in [2.75, 3.05) is 31.1 Å². The van der Waals surface area contributed by atoms with E-state index in [9.17, 15) is 0 Å². The first kappa shape index (κ1) is 14.4. The zero-order valence-corrected chi connectivity index (χ0v) is 13.4. The van der Waals surface area contributed by atoms with Crippen LogP contribution in [0.1, 0.15) is 22.7 Å². The molecule has 3 rings (SSSR count). The van der Waals surface area contributed by atoms with E-state index in [1.807, 2.05) is 20.0 Å². The predicted molar refractivity (Wildman–Crippen MR) is 85.7 cm³/mol. The van der Waals surface area contributed by atoms with E-state index in [4.69, 9.17) is 0 Å². The van der Waals surface area contributed by atoms with Crippen LogP contribution in [0.2, 0.25) is 0 Å². The van der Waals surface area contributed by atoms with Crippen molar-refractivity contribution >= 4 is 17.2 Å². The van der Waals surface area contributed by atoms with Gasteiger partial charge in [0.1, 0.15) is 0 Å². The van der Waals surface area contributed by atoms with Crippen LogP contribution in [0.3, 0.4) is 0 Å². The smallest absolute Gasteiger partial charge is 0.0769 e. The molecule has 1 fully saturated rings. The van der Waals surface area contributed by atoms with E-state index in [1.165, 1.54) is 28.5 Å². The van der Waals surface area contributed by atoms with Crippen LogP contribution in [-0.4, -0.2) is 45.6 Å². The van der Waals surface area contributed by atoms with Gasteiger partial charge in [-0.05, 0) is 43.9 Å². The van der Waals surface area contributed by atoms with Gasteiger partial charge in [-0.15, -0.1) is 5.10 Å². The third kappa shape index (κ3) is 3.57. The van der Waals surface area contributed by atoms with Crippen molar-refractivity contribution in [2.24, 2.45) is 0 Å². The van der Waals surface area contributed by atoms with Crippen molar-refractivity contribution in [3.8, 4) is 0 Å². The van der Waals surface area contributed by atoms with Crippen LogP contribution in [0.4, 0.5) is 5.69 Å². The summed E-state index contributed by atoms with van der Waals surface area (Å²) in [5.74, 6) is 0. The van der Waals surface area contributed by atoms with Crippen LogP contribution in [0, 0.1) is 13.8 Å². The molecular formula is C15H21N5S. The minimum Gasteiger partial charge on any atom is -0.370 e. The highest BCUT2D eigenvalue weighted by Crippen LogP contribution is 2.18. The first-order valence-corrected chi connectivity index (χ1v) is 8.17. The molecule has 0 aliphatic carbocycles. The van der Waals surface area contributed by atoms with E-state index in [0.29, 0.717) is 0 Å². The maximum atomic E-state index is 4.28. The summed E-state index contributed by atoms with van der Waals surface area (Å²) in [5.41, 5.74) is 3.45. The highest BCUT2D eigenvalue weighted by atomic mass is 32.1. The molecule has 0 amide bonds. The Morgan fingerprint density at radius 3 is 2.86 bits per heavy atom. The zero-order chi connectivity index (χ0) is 14.7. The van der Waals surface area contributed by atoms with Gasteiger partial charge in [0.2, 0.25) is 0 Å². The Labute approximate surface area is 129 Å². The van der Waals surface area contributed by atoms with Gasteiger partial charge in [0.15, 0.2) is 0 Å². The summed E-state index contributed by atoms with van der Waals surface area (Å²) in [6.07, 6.45) is 3.09. The molecule has 3 heterocycles. The molecule has 2 aromatic heterocycles.